The van der Waals surface area contributed by atoms with E-state index in [4.69, 9.17) is 5.84 Å². The van der Waals surface area contributed by atoms with E-state index in [2.05, 4.69) is 21.4 Å². The fourth-order valence-electron chi connectivity index (χ4n) is 1.89. The predicted octanol–water partition coefficient (Wildman–Crippen LogP) is 3.34. The first-order valence-electron chi connectivity index (χ1n) is 5.65. The number of hydrogen-bond donors (Lipinski definition) is 2. The zero-order valence-corrected chi connectivity index (χ0v) is 11.3. The van der Waals surface area contributed by atoms with Gasteiger partial charge in [-0.3, -0.25) is 11.3 Å². The van der Waals surface area contributed by atoms with Crippen molar-refractivity contribution < 1.29 is 4.39 Å². The lowest BCUT2D eigenvalue weighted by Crippen LogP contribution is -2.30. The van der Waals surface area contributed by atoms with Crippen LogP contribution >= 0.6 is 15.9 Å². The molecule has 0 heterocycles. The van der Waals surface area contributed by atoms with E-state index < -0.39 is 0 Å². The predicted molar refractivity (Wildman–Crippen MR) is 74.3 cm³/mol. The van der Waals surface area contributed by atoms with E-state index in [0.29, 0.717) is 12.0 Å². The molecule has 1 atom stereocenters. The number of nitrogens with two attached hydrogens (primary N) is 1. The van der Waals surface area contributed by atoms with Gasteiger partial charge in [0.1, 0.15) is 5.82 Å². The summed E-state index contributed by atoms with van der Waals surface area (Å²) in [5.41, 5.74) is 4.35. The van der Waals surface area contributed by atoms with Crippen LogP contribution in [0.1, 0.15) is 17.2 Å². The Hall–Kier alpha value is -1.23. The summed E-state index contributed by atoms with van der Waals surface area (Å²) >= 11 is 3.34. The Balaban J connectivity index is 2.26. The zero-order valence-electron chi connectivity index (χ0n) is 9.74. The van der Waals surface area contributed by atoms with Crippen LogP contribution in [0.25, 0.3) is 0 Å². The molecular weight excluding hydrogens is 295 g/mol. The highest BCUT2D eigenvalue weighted by Gasteiger charge is 2.15. The third-order valence-corrected chi connectivity index (χ3v) is 3.31. The zero-order chi connectivity index (χ0) is 13.0. The maximum absolute atomic E-state index is 13.8. The molecule has 3 N–H and O–H groups in total. The van der Waals surface area contributed by atoms with E-state index >= 15 is 0 Å². The third kappa shape index (κ3) is 3.16. The molecule has 0 aliphatic heterocycles. The van der Waals surface area contributed by atoms with Crippen LogP contribution in [0.4, 0.5) is 4.39 Å². The second kappa shape index (κ2) is 6.09. The Labute approximate surface area is 114 Å². The van der Waals surface area contributed by atoms with Crippen LogP contribution in [0.3, 0.4) is 0 Å². The summed E-state index contributed by atoms with van der Waals surface area (Å²) in [6, 6.07) is 14.5. The Bertz CT molecular complexity index is 516. The molecule has 0 aliphatic carbocycles. The fraction of sp³-hybridized carbons (Fsp3) is 0.143. The second-order valence-electron chi connectivity index (χ2n) is 4.07. The van der Waals surface area contributed by atoms with Crippen molar-refractivity contribution in [3.63, 3.8) is 0 Å². The topological polar surface area (TPSA) is 38.0 Å². The molecule has 1 unspecified atom stereocenters. The number of nitrogens with one attached hydrogen (secondary N) is 1. The number of benzene rings is 2. The third-order valence-electron chi connectivity index (χ3n) is 2.82. The van der Waals surface area contributed by atoms with Gasteiger partial charge in [-0.15, -0.1) is 0 Å². The normalized spacial score (nSPS) is 12.4. The van der Waals surface area contributed by atoms with Gasteiger partial charge in [0.15, 0.2) is 0 Å². The van der Waals surface area contributed by atoms with E-state index in [-0.39, 0.29) is 11.9 Å². The van der Waals surface area contributed by atoms with Gasteiger partial charge in [-0.1, -0.05) is 46.3 Å². The summed E-state index contributed by atoms with van der Waals surface area (Å²) in [4.78, 5) is 0. The number of hydrogen-bond acceptors (Lipinski definition) is 2. The molecule has 94 valence electrons. The molecule has 4 heteroatoms. The largest absolute Gasteiger partial charge is 0.271 e. The van der Waals surface area contributed by atoms with E-state index in [1.54, 1.807) is 12.1 Å². The van der Waals surface area contributed by atoms with Gasteiger partial charge in [-0.25, -0.2) is 4.39 Å². The van der Waals surface area contributed by atoms with E-state index in [9.17, 15) is 4.39 Å². The molecule has 2 rings (SSSR count). The molecule has 0 spiro atoms. The molecule has 0 amide bonds. The molecule has 0 fully saturated rings. The van der Waals surface area contributed by atoms with Crippen molar-refractivity contribution in [1.82, 2.24) is 5.43 Å². The van der Waals surface area contributed by atoms with Crippen LogP contribution in [0.5, 0.6) is 0 Å². The van der Waals surface area contributed by atoms with E-state index in [0.717, 1.165) is 10.0 Å². The van der Waals surface area contributed by atoms with Crippen molar-refractivity contribution in [3.8, 4) is 0 Å². The van der Waals surface area contributed by atoms with Gasteiger partial charge in [0.05, 0.1) is 6.04 Å². The molecule has 0 saturated carbocycles. The average molecular weight is 309 g/mol. The van der Waals surface area contributed by atoms with Crippen LogP contribution in [-0.2, 0) is 6.42 Å². The minimum Gasteiger partial charge on any atom is -0.271 e. The molecule has 2 aromatic carbocycles. The second-order valence-corrected chi connectivity index (χ2v) is 4.99. The van der Waals surface area contributed by atoms with Crippen LogP contribution in [0.15, 0.2) is 53.0 Å². The molecular formula is C14H14BrFN2. The number of hydrazine groups is 1. The van der Waals surface area contributed by atoms with Crippen molar-refractivity contribution >= 4 is 15.9 Å². The maximum atomic E-state index is 13.8. The quantitative estimate of drug-likeness (QED) is 0.671. The van der Waals surface area contributed by atoms with Gasteiger partial charge in [0.25, 0.3) is 0 Å². The maximum Gasteiger partial charge on any atom is 0.128 e. The van der Waals surface area contributed by atoms with Gasteiger partial charge in [-0.2, -0.15) is 0 Å². The molecule has 0 bridgehead atoms. The van der Waals surface area contributed by atoms with Gasteiger partial charge in [0, 0.05) is 10.0 Å². The van der Waals surface area contributed by atoms with Gasteiger partial charge >= 0.3 is 0 Å². The van der Waals surface area contributed by atoms with Crippen molar-refractivity contribution in [2.24, 2.45) is 5.84 Å². The Morgan fingerprint density at radius 3 is 2.56 bits per heavy atom. The molecule has 18 heavy (non-hydrogen) atoms. The minimum absolute atomic E-state index is 0.245. The Morgan fingerprint density at radius 2 is 1.89 bits per heavy atom. The standard InChI is InChI=1S/C14H14BrFN2/c15-11-6-7-13(16)12(9-11)14(18-17)8-10-4-2-1-3-5-10/h1-7,9,14,18H,8,17H2. The van der Waals surface area contributed by atoms with Gasteiger partial charge in [-0.05, 0) is 30.2 Å². The SMILES string of the molecule is NNC(Cc1ccccc1)c1cc(Br)ccc1F. The summed E-state index contributed by atoms with van der Waals surface area (Å²) in [6.07, 6.45) is 0.644. The highest BCUT2D eigenvalue weighted by atomic mass is 79.9. The van der Waals surface area contributed by atoms with Crippen LogP contribution in [0.2, 0.25) is 0 Å². The molecule has 0 aromatic heterocycles. The molecule has 0 saturated heterocycles. The summed E-state index contributed by atoms with van der Waals surface area (Å²) < 4.78 is 14.6. The number of rotatable bonds is 4. The van der Waals surface area contributed by atoms with Crippen molar-refractivity contribution in [2.45, 2.75) is 12.5 Å². The monoisotopic (exact) mass is 308 g/mol. The number of halogens is 2. The first kappa shape index (κ1) is 13.2. The van der Waals surface area contributed by atoms with E-state index in [1.807, 2.05) is 30.3 Å². The lowest BCUT2D eigenvalue weighted by Gasteiger charge is -2.17. The summed E-state index contributed by atoms with van der Waals surface area (Å²) in [7, 11) is 0. The summed E-state index contributed by atoms with van der Waals surface area (Å²) in [5, 5.41) is 0. The van der Waals surface area contributed by atoms with E-state index in [1.165, 1.54) is 6.07 Å². The Kier molecular flexibility index (Phi) is 4.47. The smallest absolute Gasteiger partial charge is 0.128 e. The highest BCUT2D eigenvalue weighted by Crippen LogP contribution is 2.24. The molecule has 0 aliphatic rings. The first-order valence-corrected chi connectivity index (χ1v) is 6.45. The van der Waals surface area contributed by atoms with Crippen molar-refractivity contribution in [2.75, 3.05) is 0 Å². The minimum atomic E-state index is -0.253. The summed E-state index contributed by atoms with van der Waals surface area (Å²) in [5.74, 6) is 5.29. The average Bonchev–Trinajstić information content (AvgIpc) is 2.40. The highest BCUT2D eigenvalue weighted by molar-refractivity contribution is 9.10. The van der Waals surface area contributed by atoms with Crippen molar-refractivity contribution in [3.05, 3.63) is 69.9 Å². The molecule has 2 aromatic rings. The molecule has 2 nitrogen and oxygen atoms in total. The first-order chi connectivity index (χ1) is 8.70. The van der Waals surface area contributed by atoms with Crippen LogP contribution in [0, 0.1) is 5.82 Å². The fourth-order valence-corrected chi connectivity index (χ4v) is 2.27. The van der Waals surface area contributed by atoms with Gasteiger partial charge < -0.3 is 0 Å². The van der Waals surface area contributed by atoms with Crippen LogP contribution < -0.4 is 11.3 Å². The van der Waals surface area contributed by atoms with Crippen molar-refractivity contribution in [1.29, 1.82) is 0 Å². The Morgan fingerprint density at radius 1 is 1.17 bits per heavy atom. The molecule has 0 radical (unpaired) electrons. The lowest BCUT2D eigenvalue weighted by atomic mass is 9.99. The van der Waals surface area contributed by atoms with Crippen LogP contribution in [-0.4, -0.2) is 0 Å². The lowest BCUT2D eigenvalue weighted by molar-refractivity contribution is 0.510. The van der Waals surface area contributed by atoms with Gasteiger partial charge in [0.2, 0.25) is 0 Å². The summed E-state index contributed by atoms with van der Waals surface area (Å²) in [6.45, 7) is 0.